The molecule has 0 amide bonds. The lowest BCUT2D eigenvalue weighted by atomic mass is 10.1. The number of aryl methyl sites for hydroxylation is 1. The van der Waals surface area contributed by atoms with E-state index in [-0.39, 0.29) is 5.56 Å². The molecule has 2 N–H and O–H groups in total. The number of aromatic nitrogens is 4. The van der Waals surface area contributed by atoms with Gasteiger partial charge in [-0.2, -0.15) is 15.0 Å². The first kappa shape index (κ1) is 19.4. The van der Waals surface area contributed by atoms with E-state index in [2.05, 4.69) is 20.3 Å². The molecular weight excluding hydrogens is 380 g/mol. The Hall–Kier alpha value is -3.94. The topological polar surface area (TPSA) is 96.2 Å². The molecule has 0 spiro atoms. The summed E-state index contributed by atoms with van der Waals surface area (Å²) < 4.78 is 1.85. The monoisotopic (exact) mass is 402 g/mol. The van der Waals surface area contributed by atoms with Crippen molar-refractivity contribution in [1.82, 2.24) is 19.5 Å². The van der Waals surface area contributed by atoms with Crippen LogP contribution >= 0.6 is 0 Å². The Labute approximate surface area is 173 Å². The van der Waals surface area contributed by atoms with Gasteiger partial charge in [0.15, 0.2) is 0 Å². The molecule has 30 heavy (non-hydrogen) atoms. The van der Waals surface area contributed by atoms with E-state index in [9.17, 15) is 9.90 Å². The van der Waals surface area contributed by atoms with Gasteiger partial charge in [0.2, 0.25) is 17.8 Å². The fourth-order valence-corrected chi connectivity index (χ4v) is 3.33. The van der Waals surface area contributed by atoms with Gasteiger partial charge in [-0.1, -0.05) is 36.4 Å². The van der Waals surface area contributed by atoms with Crippen LogP contribution in [0.25, 0.3) is 16.9 Å². The van der Waals surface area contributed by atoms with Crippen molar-refractivity contribution in [1.29, 1.82) is 0 Å². The number of hydrogen-bond acceptors (Lipinski definition) is 6. The van der Waals surface area contributed by atoms with E-state index < -0.39 is 5.97 Å². The van der Waals surface area contributed by atoms with Crippen LogP contribution in [0.2, 0.25) is 0 Å². The molecule has 2 heterocycles. The number of rotatable bonds is 6. The van der Waals surface area contributed by atoms with Gasteiger partial charge in [0.05, 0.1) is 11.1 Å². The molecule has 8 heteroatoms. The summed E-state index contributed by atoms with van der Waals surface area (Å²) in [6.45, 7) is 2.48. The largest absolute Gasteiger partial charge is 0.478 e. The number of carboxylic acids is 1. The molecule has 0 fully saturated rings. The molecule has 2 aromatic heterocycles. The van der Waals surface area contributed by atoms with Crippen molar-refractivity contribution in [3.63, 3.8) is 0 Å². The number of nitrogens with one attached hydrogen (secondary N) is 1. The van der Waals surface area contributed by atoms with Gasteiger partial charge in [-0.3, -0.25) is 4.57 Å². The van der Waals surface area contributed by atoms with E-state index in [1.165, 1.54) is 0 Å². The van der Waals surface area contributed by atoms with E-state index in [4.69, 9.17) is 0 Å². The zero-order valence-electron chi connectivity index (χ0n) is 17.0. The van der Waals surface area contributed by atoms with Crippen LogP contribution in [-0.2, 0) is 6.54 Å². The highest BCUT2D eigenvalue weighted by Crippen LogP contribution is 2.26. The van der Waals surface area contributed by atoms with Crippen molar-refractivity contribution in [3.8, 4) is 5.95 Å². The fourth-order valence-electron chi connectivity index (χ4n) is 3.33. The number of anilines is 2. The molecule has 0 unspecified atom stereocenters. The van der Waals surface area contributed by atoms with Crippen molar-refractivity contribution < 1.29 is 9.90 Å². The van der Waals surface area contributed by atoms with Crippen LogP contribution in [0.5, 0.6) is 0 Å². The molecule has 8 nitrogen and oxygen atoms in total. The Bertz CT molecular complexity index is 1220. The lowest BCUT2D eigenvalue weighted by Crippen LogP contribution is -2.17. The normalized spacial score (nSPS) is 10.9. The Morgan fingerprint density at radius 1 is 1.07 bits per heavy atom. The molecule has 0 bridgehead atoms. The van der Waals surface area contributed by atoms with Gasteiger partial charge >= 0.3 is 5.97 Å². The van der Waals surface area contributed by atoms with Crippen LogP contribution in [0.3, 0.4) is 0 Å². The molecule has 0 aliphatic heterocycles. The van der Waals surface area contributed by atoms with E-state index in [1.807, 2.05) is 73.0 Å². The third-order valence-electron chi connectivity index (χ3n) is 4.77. The molecule has 4 aromatic rings. The number of fused-ring (bicyclic) bond motifs is 1. The minimum absolute atomic E-state index is 0.249. The average molecular weight is 402 g/mol. The molecule has 0 atom stereocenters. The number of benzene rings is 2. The van der Waals surface area contributed by atoms with Gasteiger partial charge in [0.1, 0.15) is 0 Å². The van der Waals surface area contributed by atoms with Crippen molar-refractivity contribution in [2.24, 2.45) is 0 Å². The predicted octanol–water partition coefficient (Wildman–Crippen LogP) is 3.50. The molecule has 4 rings (SSSR count). The third kappa shape index (κ3) is 3.67. The zero-order valence-corrected chi connectivity index (χ0v) is 17.0. The maximum absolute atomic E-state index is 11.6. The second-order valence-electron chi connectivity index (χ2n) is 7.16. The highest BCUT2D eigenvalue weighted by Gasteiger charge is 2.17. The molecule has 0 aliphatic rings. The van der Waals surface area contributed by atoms with Gasteiger partial charge in [0, 0.05) is 31.7 Å². The first-order valence-electron chi connectivity index (χ1n) is 9.50. The highest BCUT2D eigenvalue weighted by molar-refractivity contribution is 6.03. The second kappa shape index (κ2) is 7.82. The summed E-state index contributed by atoms with van der Waals surface area (Å²) in [4.78, 5) is 27.1. The Morgan fingerprint density at radius 2 is 1.83 bits per heavy atom. The minimum Gasteiger partial charge on any atom is -0.478 e. The molecule has 0 radical (unpaired) electrons. The minimum atomic E-state index is -0.965. The second-order valence-corrected chi connectivity index (χ2v) is 7.16. The molecule has 152 valence electrons. The first-order chi connectivity index (χ1) is 14.4. The molecule has 0 saturated carbocycles. The number of aromatic carboxylic acids is 1. The standard InChI is InChI=1S/C22H22N6O2/c1-14-12-17-16(19(29)30)10-7-11-18(17)28(14)22-25-20(24-21(26-22)27(2)3)23-13-15-8-5-4-6-9-15/h4-12H,13H2,1-3H3,(H,29,30)(H,23,24,25,26). The smallest absolute Gasteiger partial charge is 0.336 e. The summed E-state index contributed by atoms with van der Waals surface area (Å²) in [5.74, 6) is 0.418. The summed E-state index contributed by atoms with van der Waals surface area (Å²) in [6.07, 6.45) is 0. The lowest BCUT2D eigenvalue weighted by Gasteiger charge is -2.15. The Balaban J connectivity index is 1.80. The average Bonchev–Trinajstić information content (AvgIpc) is 3.08. The summed E-state index contributed by atoms with van der Waals surface area (Å²) in [6, 6.07) is 17.0. The highest BCUT2D eigenvalue weighted by atomic mass is 16.4. The summed E-state index contributed by atoms with van der Waals surface area (Å²) >= 11 is 0. The van der Waals surface area contributed by atoms with Crippen LogP contribution in [0, 0.1) is 6.92 Å². The van der Waals surface area contributed by atoms with Crippen LogP contribution in [0.15, 0.2) is 54.6 Å². The SMILES string of the molecule is Cc1cc2c(C(=O)O)cccc2n1-c1nc(NCc2ccccc2)nc(N(C)C)n1. The van der Waals surface area contributed by atoms with Crippen molar-refractivity contribution in [2.45, 2.75) is 13.5 Å². The zero-order chi connectivity index (χ0) is 21.3. The number of hydrogen-bond donors (Lipinski definition) is 2. The van der Waals surface area contributed by atoms with Gasteiger partial charge < -0.3 is 15.3 Å². The summed E-state index contributed by atoms with van der Waals surface area (Å²) in [5, 5.41) is 13.4. The van der Waals surface area contributed by atoms with Gasteiger partial charge in [-0.15, -0.1) is 0 Å². The van der Waals surface area contributed by atoms with Crippen molar-refractivity contribution >= 4 is 28.8 Å². The fraction of sp³-hybridized carbons (Fsp3) is 0.182. The number of carbonyl (C=O) groups is 1. The predicted molar refractivity (Wildman–Crippen MR) is 116 cm³/mol. The molecule has 0 saturated heterocycles. The van der Waals surface area contributed by atoms with E-state index in [0.717, 1.165) is 16.8 Å². The third-order valence-corrected chi connectivity index (χ3v) is 4.77. The van der Waals surface area contributed by atoms with Crippen LogP contribution in [0.1, 0.15) is 21.6 Å². The van der Waals surface area contributed by atoms with Gasteiger partial charge in [-0.25, -0.2) is 4.79 Å². The molecule has 0 aliphatic carbocycles. The number of carboxylic acid groups (broad SMARTS) is 1. The Kier molecular flexibility index (Phi) is 5.05. The maximum atomic E-state index is 11.6. The molecular formula is C22H22N6O2. The summed E-state index contributed by atoms with van der Waals surface area (Å²) in [7, 11) is 3.73. The van der Waals surface area contributed by atoms with Crippen molar-refractivity contribution in [3.05, 3.63) is 71.4 Å². The number of nitrogens with zero attached hydrogens (tertiary/aromatic N) is 5. The molecule has 2 aromatic carbocycles. The van der Waals surface area contributed by atoms with E-state index in [1.54, 1.807) is 12.1 Å². The first-order valence-corrected chi connectivity index (χ1v) is 9.50. The van der Waals surface area contributed by atoms with Crippen molar-refractivity contribution in [2.75, 3.05) is 24.3 Å². The van der Waals surface area contributed by atoms with E-state index in [0.29, 0.717) is 29.8 Å². The van der Waals surface area contributed by atoms with Crippen LogP contribution < -0.4 is 10.2 Å². The summed E-state index contributed by atoms with van der Waals surface area (Å²) in [5.41, 5.74) is 2.93. The quantitative estimate of drug-likeness (QED) is 0.509. The van der Waals surface area contributed by atoms with Crippen LogP contribution in [-0.4, -0.2) is 44.7 Å². The lowest BCUT2D eigenvalue weighted by molar-refractivity contribution is 0.0699. The van der Waals surface area contributed by atoms with E-state index >= 15 is 0 Å². The maximum Gasteiger partial charge on any atom is 0.336 e. The van der Waals surface area contributed by atoms with Gasteiger partial charge in [-0.05, 0) is 30.7 Å². The van der Waals surface area contributed by atoms with Crippen LogP contribution in [0.4, 0.5) is 11.9 Å². The Morgan fingerprint density at radius 3 is 2.53 bits per heavy atom. The van der Waals surface area contributed by atoms with Gasteiger partial charge in [0.25, 0.3) is 0 Å².